The number of aryl methyl sites for hydroxylation is 1. The monoisotopic (exact) mass is 222 g/mol. The van der Waals surface area contributed by atoms with Crippen LogP contribution < -0.4 is 5.73 Å². The Balaban J connectivity index is 3.26. The molecule has 0 bridgehead atoms. The van der Waals surface area contributed by atoms with Gasteiger partial charge in [-0.2, -0.15) is 0 Å². The largest absolute Gasteiger partial charge is 0.370 e. The van der Waals surface area contributed by atoms with Crippen LogP contribution in [0.2, 0.25) is 0 Å². The molecule has 0 aliphatic carbocycles. The maximum Gasteiger partial charge on any atom is 0.219 e. The standard InChI is InChI=1S/C12H18N2O2/c1-8-5-10(7-15)9(2)14(8)12(3,4)6-11(13)16/h5,7H,6H2,1-4H3,(H2,13,16). The van der Waals surface area contributed by atoms with Crippen molar-refractivity contribution in [1.29, 1.82) is 0 Å². The summed E-state index contributed by atoms with van der Waals surface area (Å²) in [7, 11) is 0. The summed E-state index contributed by atoms with van der Waals surface area (Å²) in [6.45, 7) is 7.67. The van der Waals surface area contributed by atoms with Gasteiger partial charge in [-0.05, 0) is 33.8 Å². The highest BCUT2D eigenvalue weighted by Gasteiger charge is 2.26. The molecular weight excluding hydrogens is 204 g/mol. The number of primary amides is 1. The number of nitrogens with zero attached hydrogens (tertiary/aromatic N) is 1. The van der Waals surface area contributed by atoms with E-state index >= 15 is 0 Å². The van der Waals surface area contributed by atoms with E-state index in [1.165, 1.54) is 0 Å². The van der Waals surface area contributed by atoms with E-state index in [0.717, 1.165) is 17.7 Å². The topological polar surface area (TPSA) is 65.1 Å². The molecule has 1 rings (SSSR count). The van der Waals surface area contributed by atoms with Crippen LogP contribution in [0.5, 0.6) is 0 Å². The first kappa shape index (κ1) is 12.5. The van der Waals surface area contributed by atoms with Crippen molar-refractivity contribution in [3.05, 3.63) is 23.0 Å². The number of amides is 1. The minimum Gasteiger partial charge on any atom is -0.370 e. The molecule has 0 fully saturated rings. The maximum absolute atomic E-state index is 11.0. The van der Waals surface area contributed by atoms with Crippen LogP contribution in [0.4, 0.5) is 0 Å². The summed E-state index contributed by atoms with van der Waals surface area (Å²) >= 11 is 0. The highest BCUT2D eigenvalue weighted by Crippen LogP contribution is 2.26. The molecule has 1 aromatic heterocycles. The lowest BCUT2D eigenvalue weighted by atomic mass is 9.99. The summed E-state index contributed by atoms with van der Waals surface area (Å²) in [6.07, 6.45) is 1.08. The summed E-state index contributed by atoms with van der Waals surface area (Å²) < 4.78 is 1.99. The number of aldehydes is 1. The predicted molar refractivity (Wildman–Crippen MR) is 62.4 cm³/mol. The molecule has 0 radical (unpaired) electrons. The molecule has 4 nitrogen and oxygen atoms in total. The average molecular weight is 222 g/mol. The van der Waals surface area contributed by atoms with E-state index in [4.69, 9.17) is 5.73 Å². The number of carbonyl (C=O) groups excluding carboxylic acids is 2. The SMILES string of the molecule is Cc1cc(C=O)c(C)n1C(C)(C)CC(N)=O. The molecular formula is C12H18N2O2. The smallest absolute Gasteiger partial charge is 0.219 e. The Labute approximate surface area is 95.4 Å². The minimum absolute atomic E-state index is 0.252. The molecule has 0 aliphatic rings. The van der Waals surface area contributed by atoms with Gasteiger partial charge < -0.3 is 10.3 Å². The molecule has 0 unspecified atom stereocenters. The van der Waals surface area contributed by atoms with Crippen molar-refractivity contribution in [2.24, 2.45) is 5.73 Å². The molecule has 0 saturated carbocycles. The first-order valence-corrected chi connectivity index (χ1v) is 5.22. The highest BCUT2D eigenvalue weighted by molar-refractivity contribution is 5.78. The lowest BCUT2D eigenvalue weighted by molar-refractivity contribution is -0.119. The number of rotatable bonds is 4. The normalized spacial score (nSPS) is 11.5. The molecule has 16 heavy (non-hydrogen) atoms. The molecule has 0 aromatic carbocycles. The van der Waals surface area contributed by atoms with E-state index in [9.17, 15) is 9.59 Å². The Kier molecular flexibility index (Phi) is 3.21. The summed E-state index contributed by atoms with van der Waals surface area (Å²) in [5.74, 6) is -0.342. The molecule has 0 aliphatic heterocycles. The van der Waals surface area contributed by atoms with Crippen molar-refractivity contribution in [2.75, 3.05) is 0 Å². The summed E-state index contributed by atoms with van der Waals surface area (Å²) in [5.41, 5.74) is 7.33. The van der Waals surface area contributed by atoms with Gasteiger partial charge in [0.25, 0.3) is 0 Å². The Bertz CT molecular complexity index is 430. The van der Waals surface area contributed by atoms with E-state index < -0.39 is 5.54 Å². The van der Waals surface area contributed by atoms with Gasteiger partial charge in [-0.15, -0.1) is 0 Å². The van der Waals surface area contributed by atoms with E-state index in [0.29, 0.717) is 5.56 Å². The Morgan fingerprint density at radius 1 is 1.50 bits per heavy atom. The second kappa shape index (κ2) is 4.12. The second-order valence-corrected chi connectivity index (χ2v) is 4.74. The predicted octanol–water partition coefficient (Wildman–Crippen LogP) is 1.53. The molecule has 0 atom stereocenters. The van der Waals surface area contributed by atoms with Gasteiger partial charge in [0.05, 0.1) is 0 Å². The number of carbonyl (C=O) groups is 2. The molecule has 1 heterocycles. The first-order valence-electron chi connectivity index (χ1n) is 5.22. The van der Waals surface area contributed by atoms with Crippen LogP contribution in [-0.2, 0) is 10.3 Å². The zero-order valence-corrected chi connectivity index (χ0v) is 10.2. The van der Waals surface area contributed by atoms with Gasteiger partial charge in [0.1, 0.15) is 0 Å². The van der Waals surface area contributed by atoms with Crippen LogP contribution in [0.3, 0.4) is 0 Å². The Morgan fingerprint density at radius 3 is 2.44 bits per heavy atom. The van der Waals surface area contributed by atoms with Gasteiger partial charge in [-0.25, -0.2) is 0 Å². The third-order valence-electron chi connectivity index (χ3n) is 2.81. The third-order valence-corrected chi connectivity index (χ3v) is 2.81. The van der Waals surface area contributed by atoms with Gasteiger partial charge in [0.2, 0.25) is 5.91 Å². The van der Waals surface area contributed by atoms with Crippen LogP contribution in [0.25, 0.3) is 0 Å². The van der Waals surface area contributed by atoms with E-state index in [1.54, 1.807) is 0 Å². The Hall–Kier alpha value is -1.58. The average Bonchev–Trinajstić information content (AvgIpc) is 2.39. The van der Waals surface area contributed by atoms with Crippen LogP contribution >= 0.6 is 0 Å². The summed E-state index contributed by atoms with van der Waals surface area (Å²) in [4.78, 5) is 21.9. The van der Waals surface area contributed by atoms with Crippen molar-refractivity contribution < 1.29 is 9.59 Å². The number of aromatic nitrogens is 1. The van der Waals surface area contributed by atoms with Crippen molar-refractivity contribution in [3.8, 4) is 0 Å². The molecule has 1 aromatic rings. The van der Waals surface area contributed by atoms with Crippen LogP contribution in [-0.4, -0.2) is 16.8 Å². The van der Waals surface area contributed by atoms with Gasteiger partial charge in [0, 0.05) is 28.9 Å². The lowest BCUT2D eigenvalue weighted by Crippen LogP contribution is -2.33. The van der Waals surface area contributed by atoms with E-state index in [-0.39, 0.29) is 12.3 Å². The number of hydrogen-bond acceptors (Lipinski definition) is 2. The zero-order chi connectivity index (χ0) is 12.5. The Morgan fingerprint density at radius 2 is 2.06 bits per heavy atom. The molecule has 2 N–H and O–H groups in total. The minimum atomic E-state index is -0.402. The molecule has 1 amide bonds. The van der Waals surface area contributed by atoms with E-state index in [1.807, 2.05) is 38.3 Å². The van der Waals surface area contributed by atoms with Crippen LogP contribution in [0.1, 0.15) is 42.0 Å². The number of nitrogens with two attached hydrogens (primary N) is 1. The molecule has 88 valence electrons. The summed E-state index contributed by atoms with van der Waals surface area (Å²) in [5, 5.41) is 0. The lowest BCUT2D eigenvalue weighted by Gasteiger charge is -2.29. The summed E-state index contributed by atoms with van der Waals surface area (Å²) in [6, 6.07) is 1.82. The second-order valence-electron chi connectivity index (χ2n) is 4.74. The fourth-order valence-electron chi connectivity index (χ4n) is 2.34. The molecule has 4 heteroatoms. The van der Waals surface area contributed by atoms with Gasteiger partial charge in [-0.1, -0.05) is 0 Å². The maximum atomic E-state index is 11.0. The zero-order valence-electron chi connectivity index (χ0n) is 10.2. The quantitative estimate of drug-likeness (QED) is 0.785. The van der Waals surface area contributed by atoms with Crippen LogP contribution in [0.15, 0.2) is 6.07 Å². The van der Waals surface area contributed by atoms with E-state index in [2.05, 4.69) is 0 Å². The van der Waals surface area contributed by atoms with Gasteiger partial charge in [0.15, 0.2) is 6.29 Å². The van der Waals surface area contributed by atoms with Gasteiger partial charge >= 0.3 is 0 Å². The van der Waals surface area contributed by atoms with Gasteiger partial charge in [-0.3, -0.25) is 9.59 Å². The third kappa shape index (κ3) is 2.15. The molecule has 0 saturated heterocycles. The van der Waals surface area contributed by atoms with Crippen molar-refractivity contribution >= 4 is 12.2 Å². The first-order chi connectivity index (χ1) is 7.29. The fourth-order valence-corrected chi connectivity index (χ4v) is 2.34. The fraction of sp³-hybridized carbons (Fsp3) is 0.500. The van der Waals surface area contributed by atoms with Crippen LogP contribution in [0, 0.1) is 13.8 Å². The number of hydrogen-bond donors (Lipinski definition) is 1. The van der Waals surface area contributed by atoms with Crippen molar-refractivity contribution in [2.45, 2.75) is 39.7 Å². The van der Waals surface area contributed by atoms with Crippen molar-refractivity contribution in [1.82, 2.24) is 4.57 Å². The van der Waals surface area contributed by atoms with Crippen molar-refractivity contribution in [3.63, 3.8) is 0 Å². The highest BCUT2D eigenvalue weighted by atomic mass is 16.1. The molecule has 0 spiro atoms.